The molecule has 0 aliphatic carbocycles. The first kappa shape index (κ1) is 15.0. The number of alkyl halides is 4. The summed E-state index contributed by atoms with van der Waals surface area (Å²) in [6.07, 6.45) is -4.48. The van der Waals surface area contributed by atoms with Crippen LogP contribution in [0, 0.1) is 0 Å². The van der Waals surface area contributed by atoms with Crippen LogP contribution in [0.4, 0.5) is 17.6 Å². The molecule has 0 aliphatic heterocycles. The van der Waals surface area contributed by atoms with Crippen molar-refractivity contribution in [3.63, 3.8) is 0 Å². The molecule has 5 nitrogen and oxygen atoms in total. The van der Waals surface area contributed by atoms with Gasteiger partial charge in [0, 0.05) is 11.8 Å². The first-order chi connectivity index (χ1) is 8.80. The van der Waals surface area contributed by atoms with Gasteiger partial charge in [-0.3, -0.25) is 0 Å². The van der Waals surface area contributed by atoms with Crippen LogP contribution in [0.1, 0.15) is 23.0 Å². The van der Waals surface area contributed by atoms with E-state index < -0.39 is 41.8 Å². The third kappa shape index (κ3) is 3.70. The molecule has 1 aromatic heterocycles. The predicted molar refractivity (Wildman–Crippen MR) is 53.4 cm³/mol. The first-order valence-corrected chi connectivity index (χ1v) is 4.99. The summed E-state index contributed by atoms with van der Waals surface area (Å²) in [5.74, 6) is -3.56. The minimum atomic E-state index is -5.14. The van der Waals surface area contributed by atoms with Gasteiger partial charge in [0.25, 0.3) is 0 Å². The van der Waals surface area contributed by atoms with Gasteiger partial charge in [-0.05, 0) is 6.92 Å². The number of halogens is 4. The van der Waals surface area contributed by atoms with E-state index in [1.807, 2.05) is 0 Å². The summed E-state index contributed by atoms with van der Waals surface area (Å²) in [7, 11) is 0. The Morgan fingerprint density at radius 2 is 2.11 bits per heavy atom. The number of rotatable bonds is 4. The molecule has 0 saturated heterocycles. The van der Waals surface area contributed by atoms with E-state index in [2.05, 4.69) is 14.5 Å². The largest absolute Gasteiger partial charge is 0.573 e. The van der Waals surface area contributed by atoms with Crippen molar-refractivity contribution >= 4 is 5.97 Å². The predicted octanol–water partition coefficient (Wildman–Crippen LogP) is 2.33. The summed E-state index contributed by atoms with van der Waals surface area (Å²) in [4.78, 5) is 14.7. The molecule has 0 aromatic carbocycles. The molecule has 19 heavy (non-hydrogen) atoms. The lowest BCUT2D eigenvalue weighted by atomic mass is 10.2. The topological polar surface area (TPSA) is 68.7 Å². The van der Waals surface area contributed by atoms with Crippen molar-refractivity contribution in [2.45, 2.75) is 20.0 Å². The molecular weight excluding hydrogens is 274 g/mol. The zero-order chi connectivity index (χ0) is 14.6. The van der Waals surface area contributed by atoms with Gasteiger partial charge in [0.05, 0.1) is 6.61 Å². The molecule has 0 aliphatic rings. The molecular formula is C10H9F4NO4. The van der Waals surface area contributed by atoms with Crippen molar-refractivity contribution < 1.29 is 36.9 Å². The number of aromatic hydroxyl groups is 1. The SMILES string of the molecule is CCOC(=O)c1ncc(CF)c(OC(F)(F)F)c1O. The Labute approximate surface area is 104 Å². The van der Waals surface area contributed by atoms with E-state index in [1.54, 1.807) is 0 Å². The smallest absolute Gasteiger partial charge is 0.503 e. The summed E-state index contributed by atoms with van der Waals surface area (Å²) in [5.41, 5.74) is -1.42. The average molecular weight is 283 g/mol. The lowest BCUT2D eigenvalue weighted by Gasteiger charge is -2.14. The molecule has 0 fully saturated rings. The number of hydrogen-bond acceptors (Lipinski definition) is 5. The molecule has 1 heterocycles. The Kier molecular flexibility index (Phi) is 4.52. The van der Waals surface area contributed by atoms with Crippen LogP contribution in [0.2, 0.25) is 0 Å². The van der Waals surface area contributed by atoms with Gasteiger partial charge in [0.1, 0.15) is 6.67 Å². The van der Waals surface area contributed by atoms with Crippen molar-refractivity contribution in [1.82, 2.24) is 4.98 Å². The monoisotopic (exact) mass is 283 g/mol. The number of carbonyl (C=O) groups excluding carboxylic acids is 1. The van der Waals surface area contributed by atoms with Gasteiger partial charge in [-0.2, -0.15) is 0 Å². The van der Waals surface area contributed by atoms with Crippen LogP contribution in [-0.4, -0.2) is 29.0 Å². The summed E-state index contributed by atoms with van der Waals surface area (Å²) >= 11 is 0. The van der Waals surface area contributed by atoms with E-state index in [9.17, 15) is 27.5 Å². The Balaban J connectivity index is 3.25. The Hall–Kier alpha value is -2.06. The molecule has 0 saturated carbocycles. The van der Waals surface area contributed by atoms with E-state index in [4.69, 9.17) is 0 Å². The summed E-state index contributed by atoms with van der Waals surface area (Å²) in [5, 5.41) is 9.51. The molecule has 0 spiro atoms. The average Bonchev–Trinajstić information content (AvgIpc) is 2.30. The summed E-state index contributed by atoms with van der Waals surface area (Å²) in [6, 6.07) is 0. The molecule has 106 valence electrons. The van der Waals surface area contributed by atoms with Gasteiger partial charge >= 0.3 is 12.3 Å². The van der Waals surface area contributed by atoms with Crippen LogP contribution in [0.25, 0.3) is 0 Å². The zero-order valence-electron chi connectivity index (χ0n) is 9.62. The third-order valence-electron chi connectivity index (χ3n) is 1.91. The van der Waals surface area contributed by atoms with Crippen molar-refractivity contribution in [3.05, 3.63) is 17.5 Å². The molecule has 1 N–H and O–H groups in total. The number of pyridine rings is 1. The van der Waals surface area contributed by atoms with E-state index in [0.29, 0.717) is 6.20 Å². The quantitative estimate of drug-likeness (QED) is 0.678. The Morgan fingerprint density at radius 3 is 2.58 bits per heavy atom. The second kappa shape index (κ2) is 5.72. The van der Waals surface area contributed by atoms with Crippen molar-refractivity contribution in [1.29, 1.82) is 0 Å². The van der Waals surface area contributed by atoms with Gasteiger partial charge in [-0.15, -0.1) is 13.2 Å². The minimum absolute atomic E-state index is 0.0692. The lowest BCUT2D eigenvalue weighted by Crippen LogP contribution is -2.19. The highest BCUT2D eigenvalue weighted by atomic mass is 19.4. The molecule has 0 radical (unpaired) electrons. The van der Waals surface area contributed by atoms with Crippen LogP contribution >= 0.6 is 0 Å². The van der Waals surface area contributed by atoms with Crippen LogP contribution in [0.15, 0.2) is 6.20 Å². The second-order valence-corrected chi connectivity index (χ2v) is 3.21. The molecule has 0 bridgehead atoms. The van der Waals surface area contributed by atoms with Crippen LogP contribution in [0.3, 0.4) is 0 Å². The number of nitrogens with zero attached hydrogens (tertiary/aromatic N) is 1. The maximum atomic E-state index is 12.5. The summed E-state index contributed by atoms with van der Waals surface area (Å²) < 4.78 is 56.8. The van der Waals surface area contributed by atoms with E-state index in [-0.39, 0.29) is 6.61 Å². The Morgan fingerprint density at radius 1 is 1.47 bits per heavy atom. The van der Waals surface area contributed by atoms with Gasteiger partial charge in [-0.1, -0.05) is 0 Å². The minimum Gasteiger partial charge on any atom is -0.503 e. The number of ether oxygens (including phenoxy) is 2. The number of carbonyl (C=O) groups is 1. The summed E-state index contributed by atoms with van der Waals surface area (Å²) in [6.45, 7) is 0.0351. The molecule has 0 amide bonds. The van der Waals surface area contributed by atoms with E-state index >= 15 is 0 Å². The van der Waals surface area contributed by atoms with E-state index in [0.717, 1.165) is 0 Å². The molecule has 0 unspecified atom stereocenters. The third-order valence-corrected chi connectivity index (χ3v) is 1.91. The maximum Gasteiger partial charge on any atom is 0.573 e. The number of aromatic nitrogens is 1. The van der Waals surface area contributed by atoms with Crippen molar-refractivity contribution in [2.75, 3.05) is 6.61 Å². The first-order valence-electron chi connectivity index (χ1n) is 4.99. The zero-order valence-corrected chi connectivity index (χ0v) is 9.62. The maximum absolute atomic E-state index is 12.5. The van der Waals surface area contributed by atoms with Gasteiger partial charge in [0.2, 0.25) is 0 Å². The van der Waals surface area contributed by atoms with Crippen molar-refractivity contribution in [2.24, 2.45) is 0 Å². The normalized spacial score (nSPS) is 11.2. The number of esters is 1. The number of hydrogen-bond donors (Lipinski definition) is 1. The fourth-order valence-electron chi connectivity index (χ4n) is 1.20. The fraction of sp³-hybridized carbons (Fsp3) is 0.400. The van der Waals surface area contributed by atoms with Gasteiger partial charge in [0.15, 0.2) is 17.2 Å². The van der Waals surface area contributed by atoms with Crippen LogP contribution < -0.4 is 4.74 Å². The highest BCUT2D eigenvalue weighted by Gasteiger charge is 2.35. The van der Waals surface area contributed by atoms with Gasteiger partial charge < -0.3 is 14.6 Å². The molecule has 0 atom stereocenters. The standard InChI is InChI=1S/C10H9F4NO4/c1-2-18-9(17)6-7(16)8(19-10(12,13)14)5(3-11)4-15-6/h4,16H,2-3H2,1H3. The molecule has 1 aromatic rings. The van der Waals surface area contributed by atoms with Crippen LogP contribution in [0.5, 0.6) is 11.5 Å². The van der Waals surface area contributed by atoms with Crippen LogP contribution in [-0.2, 0) is 11.4 Å². The second-order valence-electron chi connectivity index (χ2n) is 3.21. The highest BCUT2D eigenvalue weighted by molar-refractivity contribution is 5.91. The molecule has 1 rings (SSSR count). The fourth-order valence-corrected chi connectivity index (χ4v) is 1.20. The van der Waals surface area contributed by atoms with E-state index in [1.165, 1.54) is 6.92 Å². The Bertz CT molecular complexity index is 475. The highest BCUT2D eigenvalue weighted by Crippen LogP contribution is 2.37. The lowest BCUT2D eigenvalue weighted by molar-refractivity contribution is -0.275. The molecule has 9 heteroatoms. The van der Waals surface area contributed by atoms with Crippen molar-refractivity contribution in [3.8, 4) is 11.5 Å². The van der Waals surface area contributed by atoms with Gasteiger partial charge in [-0.25, -0.2) is 14.2 Å².